The smallest absolute Gasteiger partial charge is 0.183 e. The standard InChI is InChI=1S/C28H16N4/c1-2-9-18-17(8-1)16-24(20-11-4-3-10-19(18)20)28-30-26-22-13-6-5-12-21(22)25-23(14-7-15-29-25)27(26)31-32-28/h1-16H. The van der Waals surface area contributed by atoms with Crippen LogP contribution in [0.2, 0.25) is 0 Å². The topological polar surface area (TPSA) is 51.6 Å². The van der Waals surface area contributed by atoms with Crippen LogP contribution < -0.4 is 0 Å². The van der Waals surface area contributed by atoms with Crippen molar-refractivity contribution in [2.75, 3.05) is 0 Å². The Morgan fingerprint density at radius 2 is 1.12 bits per heavy atom. The summed E-state index contributed by atoms with van der Waals surface area (Å²) in [6.07, 6.45) is 1.82. The molecule has 0 aliphatic heterocycles. The van der Waals surface area contributed by atoms with Crippen LogP contribution in [-0.4, -0.2) is 20.2 Å². The maximum absolute atomic E-state index is 5.08. The highest BCUT2D eigenvalue weighted by atomic mass is 15.2. The lowest BCUT2D eigenvalue weighted by Crippen LogP contribution is -1.97. The molecular weight excluding hydrogens is 392 g/mol. The van der Waals surface area contributed by atoms with Crippen LogP contribution in [0.25, 0.3) is 65.6 Å². The van der Waals surface area contributed by atoms with Crippen LogP contribution in [0.4, 0.5) is 0 Å². The molecule has 0 aliphatic carbocycles. The highest BCUT2D eigenvalue weighted by Crippen LogP contribution is 2.36. The van der Waals surface area contributed by atoms with E-state index in [1.54, 1.807) is 0 Å². The van der Waals surface area contributed by atoms with E-state index in [1.807, 2.05) is 30.5 Å². The third-order valence-electron chi connectivity index (χ3n) is 6.20. The molecule has 2 aromatic heterocycles. The van der Waals surface area contributed by atoms with Crippen LogP contribution in [-0.2, 0) is 0 Å². The van der Waals surface area contributed by atoms with Gasteiger partial charge in [0.1, 0.15) is 11.0 Å². The molecule has 0 amide bonds. The van der Waals surface area contributed by atoms with Crippen molar-refractivity contribution in [3.8, 4) is 11.4 Å². The highest BCUT2D eigenvalue weighted by Gasteiger charge is 2.16. The minimum Gasteiger partial charge on any atom is -0.256 e. The van der Waals surface area contributed by atoms with Crippen molar-refractivity contribution >= 4 is 54.3 Å². The Labute approximate surface area is 183 Å². The van der Waals surface area contributed by atoms with Gasteiger partial charge in [0, 0.05) is 27.9 Å². The van der Waals surface area contributed by atoms with Crippen molar-refractivity contribution < 1.29 is 0 Å². The molecule has 0 saturated heterocycles. The van der Waals surface area contributed by atoms with Gasteiger partial charge in [-0.05, 0) is 39.7 Å². The summed E-state index contributed by atoms with van der Waals surface area (Å²) in [6.45, 7) is 0. The van der Waals surface area contributed by atoms with Crippen LogP contribution in [0, 0.1) is 0 Å². The third kappa shape index (κ3) is 2.38. The maximum Gasteiger partial charge on any atom is 0.183 e. The summed E-state index contributed by atoms with van der Waals surface area (Å²) in [4.78, 5) is 9.70. The van der Waals surface area contributed by atoms with E-state index >= 15 is 0 Å². The summed E-state index contributed by atoms with van der Waals surface area (Å²) in [5.74, 6) is 0.632. The fourth-order valence-electron chi connectivity index (χ4n) is 4.76. The zero-order valence-corrected chi connectivity index (χ0v) is 17.0. The molecule has 7 rings (SSSR count). The molecule has 0 bridgehead atoms. The van der Waals surface area contributed by atoms with E-state index in [-0.39, 0.29) is 0 Å². The summed E-state index contributed by atoms with van der Waals surface area (Å²) in [5.41, 5.74) is 3.55. The second-order valence-corrected chi connectivity index (χ2v) is 7.97. The fourth-order valence-corrected chi connectivity index (χ4v) is 4.76. The van der Waals surface area contributed by atoms with Gasteiger partial charge in [-0.15, -0.1) is 10.2 Å². The number of aromatic nitrogens is 4. The lowest BCUT2D eigenvalue weighted by atomic mass is 9.97. The van der Waals surface area contributed by atoms with Gasteiger partial charge >= 0.3 is 0 Å². The predicted molar refractivity (Wildman–Crippen MR) is 131 cm³/mol. The van der Waals surface area contributed by atoms with Gasteiger partial charge in [-0.3, -0.25) is 4.98 Å². The quantitative estimate of drug-likeness (QED) is 0.284. The molecule has 0 fully saturated rings. The summed E-state index contributed by atoms with van der Waals surface area (Å²) in [6, 6.07) is 31.2. The minimum absolute atomic E-state index is 0.632. The van der Waals surface area contributed by atoms with Gasteiger partial charge in [-0.2, -0.15) is 0 Å². The molecule has 32 heavy (non-hydrogen) atoms. The molecule has 0 saturated carbocycles. The first kappa shape index (κ1) is 17.3. The molecule has 0 N–H and O–H groups in total. The van der Waals surface area contributed by atoms with Gasteiger partial charge in [-0.1, -0.05) is 72.8 Å². The lowest BCUT2D eigenvalue weighted by molar-refractivity contribution is 1.04. The highest BCUT2D eigenvalue weighted by molar-refractivity contribution is 6.22. The van der Waals surface area contributed by atoms with E-state index in [1.165, 1.54) is 10.8 Å². The molecule has 0 atom stereocenters. The normalized spacial score (nSPS) is 11.8. The lowest BCUT2D eigenvalue weighted by Gasteiger charge is -2.11. The maximum atomic E-state index is 5.08. The molecule has 5 aromatic carbocycles. The first-order valence-electron chi connectivity index (χ1n) is 10.6. The largest absolute Gasteiger partial charge is 0.256 e. The fraction of sp³-hybridized carbons (Fsp3) is 0. The van der Waals surface area contributed by atoms with Crippen molar-refractivity contribution in [2.24, 2.45) is 0 Å². The van der Waals surface area contributed by atoms with Crippen molar-refractivity contribution in [1.29, 1.82) is 0 Å². The van der Waals surface area contributed by atoms with Crippen molar-refractivity contribution in [1.82, 2.24) is 20.2 Å². The molecule has 4 nitrogen and oxygen atoms in total. The molecule has 0 unspecified atom stereocenters. The molecular formula is C28H16N4. The monoisotopic (exact) mass is 408 g/mol. The predicted octanol–water partition coefficient (Wildman–Crippen LogP) is 6.70. The Hall–Kier alpha value is -4.44. The summed E-state index contributed by atoms with van der Waals surface area (Å²) in [5, 5.41) is 17.1. The number of rotatable bonds is 1. The van der Waals surface area contributed by atoms with Gasteiger partial charge in [0.25, 0.3) is 0 Å². The molecule has 2 heterocycles. The third-order valence-corrected chi connectivity index (χ3v) is 6.20. The Bertz CT molecular complexity index is 1800. The number of nitrogens with zero attached hydrogens (tertiary/aromatic N) is 4. The summed E-state index contributed by atoms with van der Waals surface area (Å²) < 4.78 is 0. The summed E-state index contributed by atoms with van der Waals surface area (Å²) in [7, 11) is 0. The SMILES string of the molecule is c1ccc2c(c1)cc(-c1nnc3c4cccnc4c4ccccc4c3n1)c1ccccc12. The number of hydrogen-bond acceptors (Lipinski definition) is 4. The first-order valence-corrected chi connectivity index (χ1v) is 10.6. The average Bonchev–Trinajstić information content (AvgIpc) is 2.88. The van der Waals surface area contributed by atoms with Crippen LogP contribution in [0.15, 0.2) is 97.2 Å². The van der Waals surface area contributed by atoms with E-state index in [9.17, 15) is 0 Å². The second kappa shape index (κ2) is 6.53. The van der Waals surface area contributed by atoms with Crippen LogP contribution in [0.3, 0.4) is 0 Å². The Morgan fingerprint density at radius 3 is 1.97 bits per heavy atom. The average molecular weight is 408 g/mol. The Kier molecular flexibility index (Phi) is 3.52. The van der Waals surface area contributed by atoms with Gasteiger partial charge < -0.3 is 0 Å². The van der Waals surface area contributed by atoms with E-state index in [0.29, 0.717) is 5.82 Å². The number of fused-ring (bicyclic) bond motifs is 9. The van der Waals surface area contributed by atoms with Gasteiger partial charge in [0.15, 0.2) is 5.82 Å². The van der Waals surface area contributed by atoms with Crippen LogP contribution in [0.5, 0.6) is 0 Å². The van der Waals surface area contributed by atoms with E-state index in [2.05, 4.69) is 81.9 Å². The second-order valence-electron chi connectivity index (χ2n) is 7.97. The molecule has 7 aromatic rings. The Balaban J connectivity index is 1.63. The first-order chi connectivity index (χ1) is 15.9. The van der Waals surface area contributed by atoms with Crippen molar-refractivity contribution in [2.45, 2.75) is 0 Å². The van der Waals surface area contributed by atoms with Crippen molar-refractivity contribution in [3.05, 3.63) is 97.2 Å². The van der Waals surface area contributed by atoms with Gasteiger partial charge in [0.2, 0.25) is 0 Å². The summed E-state index contributed by atoms with van der Waals surface area (Å²) >= 11 is 0. The molecule has 0 radical (unpaired) electrons. The van der Waals surface area contributed by atoms with Gasteiger partial charge in [-0.25, -0.2) is 4.98 Å². The van der Waals surface area contributed by atoms with Crippen molar-refractivity contribution in [3.63, 3.8) is 0 Å². The molecule has 0 spiro atoms. The van der Waals surface area contributed by atoms with Gasteiger partial charge in [0.05, 0.1) is 5.52 Å². The number of hydrogen-bond donors (Lipinski definition) is 0. The zero-order chi connectivity index (χ0) is 21.1. The molecule has 0 aliphatic rings. The van der Waals surface area contributed by atoms with Crippen LogP contribution in [0.1, 0.15) is 0 Å². The molecule has 4 heteroatoms. The Morgan fingerprint density at radius 1 is 0.469 bits per heavy atom. The minimum atomic E-state index is 0.632. The van der Waals surface area contributed by atoms with E-state index in [4.69, 9.17) is 4.98 Å². The molecule has 148 valence electrons. The number of pyridine rings is 1. The zero-order valence-electron chi connectivity index (χ0n) is 17.0. The van der Waals surface area contributed by atoms with Crippen LogP contribution >= 0.6 is 0 Å². The number of benzene rings is 5. The van der Waals surface area contributed by atoms with E-state index in [0.717, 1.165) is 49.0 Å². The van der Waals surface area contributed by atoms with E-state index < -0.39 is 0 Å².